The quantitative estimate of drug-likeness (QED) is 0.796. The molecule has 128 valence electrons. The molecular weight excluding hydrogens is 328 g/mol. The van der Waals surface area contributed by atoms with Crippen LogP contribution >= 0.6 is 11.8 Å². The van der Waals surface area contributed by atoms with Crippen molar-refractivity contribution in [2.75, 3.05) is 6.54 Å². The first-order valence-electron chi connectivity index (χ1n) is 7.84. The van der Waals surface area contributed by atoms with Gasteiger partial charge in [-0.15, -0.1) is 11.8 Å². The molecule has 1 aromatic carbocycles. The minimum absolute atomic E-state index is 0.192. The molecule has 2 aliphatic heterocycles. The number of carboxylic acid groups (broad SMARTS) is 1. The molecule has 0 unspecified atom stereocenters. The van der Waals surface area contributed by atoms with Crippen molar-refractivity contribution in [2.24, 2.45) is 5.92 Å². The first-order valence-corrected chi connectivity index (χ1v) is 8.72. The lowest BCUT2D eigenvalue weighted by Gasteiger charge is -2.55. The van der Waals surface area contributed by atoms with Gasteiger partial charge in [-0.05, 0) is 19.4 Å². The van der Waals surface area contributed by atoms with E-state index in [4.69, 9.17) is 0 Å². The number of β-lactam (4-membered cyclic amide) rings is 1. The van der Waals surface area contributed by atoms with Gasteiger partial charge in [-0.1, -0.05) is 30.3 Å². The van der Waals surface area contributed by atoms with E-state index in [2.05, 4.69) is 5.32 Å². The summed E-state index contributed by atoms with van der Waals surface area (Å²) in [5.74, 6) is -1.90. The van der Waals surface area contributed by atoms with Crippen LogP contribution in [0.25, 0.3) is 0 Å². The van der Waals surface area contributed by atoms with Crippen LogP contribution in [0.2, 0.25) is 0 Å². The van der Waals surface area contributed by atoms with Crippen molar-refractivity contribution in [2.45, 2.75) is 36.4 Å². The molecule has 2 heterocycles. The average molecular weight is 348 g/mol. The Morgan fingerprint density at radius 3 is 2.62 bits per heavy atom. The van der Waals surface area contributed by atoms with Gasteiger partial charge in [0.1, 0.15) is 11.4 Å². The summed E-state index contributed by atoms with van der Waals surface area (Å²) in [5, 5.41) is 11.9. The van der Waals surface area contributed by atoms with Crippen molar-refractivity contribution >= 4 is 29.5 Å². The molecule has 6 nitrogen and oxygen atoms in total. The number of nitrogens with one attached hydrogen (secondary N) is 1. The monoisotopic (exact) mass is 348 g/mol. The summed E-state index contributed by atoms with van der Waals surface area (Å²) in [4.78, 5) is 37.4. The van der Waals surface area contributed by atoms with E-state index in [-0.39, 0.29) is 30.2 Å². The highest BCUT2D eigenvalue weighted by molar-refractivity contribution is 8.01. The summed E-state index contributed by atoms with van der Waals surface area (Å²) in [6, 6.07) is 8.78. The molecule has 0 spiro atoms. The second-order valence-electron chi connectivity index (χ2n) is 6.70. The van der Waals surface area contributed by atoms with Crippen molar-refractivity contribution in [3.63, 3.8) is 0 Å². The number of thioether (sulfide) groups is 1. The maximum atomic E-state index is 12.3. The molecule has 7 heteroatoms. The van der Waals surface area contributed by atoms with Crippen molar-refractivity contribution in [1.82, 2.24) is 10.2 Å². The topological polar surface area (TPSA) is 86.7 Å². The molecule has 3 rings (SSSR count). The number of amides is 2. The average Bonchev–Trinajstić information content (AvgIpc) is 2.52. The summed E-state index contributed by atoms with van der Waals surface area (Å²) < 4.78 is -0.490. The summed E-state index contributed by atoms with van der Waals surface area (Å²) in [5.41, 5.74) is 0.890. The molecule has 0 aromatic heterocycles. The molecular formula is C17H20N2O4S. The molecule has 2 aliphatic rings. The molecule has 0 bridgehead atoms. The van der Waals surface area contributed by atoms with Crippen LogP contribution in [0.1, 0.15) is 19.4 Å². The fourth-order valence-corrected chi connectivity index (χ4v) is 4.77. The smallest absolute Gasteiger partial charge is 0.309 e. The molecule has 2 saturated heterocycles. The second kappa shape index (κ2) is 6.12. The highest BCUT2D eigenvalue weighted by atomic mass is 32.2. The van der Waals surface area contributed by atoms with Crippen LogP contribution < -0.4 is 5.32 Å². The third-order valence-electron chi connectivity index (χ3n) is 4.61. The summed E-state index contributed by atoms with van der Waals surface area (Å²) in [6.45, 7) is 3.95. The summed E-state index contributed by atoms with van der Waals surface area (Å²) in [7, 11) is 0. The zero-order valence-electron chi connectivity index (χ0n) is 13.6. The van der Waals surface area contributed by atoms with E-state index in [9.17, 15) is 19.5 Å². The Hall–Kier alpha value is -2.02. The van der Waals surface area contributed by atoms with E-state index in [0.29, 0.717) is 0 Å². The molecule has 1 aromatic rings. The number of carboxylic acids is 1. The number of rotatable bonds is 4. The third kappa shape index (κ3) is 3.00. The number of carbonyl (C=O) groups excluding carboxylic acids is 2. The summed E-state index contributed by atoms with van der Waals surface area (Å²) >= 11 is 1.44. The number of nitrogens with zero attached hydrogens (tertiary/aromatic N) is 1. The number of fused-ring (bicyclic) bond motifs is 1. The van der Waals surface area contributed by atoms with Crippen LogP contribution in [0.3, 0.4) is 0 Å². The Morgan fingerprint density at radius 2 is 2.00 bits per heavy atom. The van der Waals surface area contributed by atoms with E-state index in [1.54, 1.807) is 4.90 Å². The van der Waals surface area contributed by atoms with E-state index in [1.165, 1.54) is 11.8 Å². The fraction of sp³-hybridized carbons (Fsp3) is 0.471. The largest absolute Gasteiger partial charge is 0.481 e. The second-order valence-corrected chi connectivity index (χ2v) is 8.47. The van der Waals surface area contributed by atoms with E-state index in [1.807, 2.05) is 44.2 Å². The Kier molecular flexibility index (Phi) is 4.29. The zero-order valence-corrected chi connectivity index (χ0v) is 14.4. The molecule has 3 atom stereocenters. The Balaban J connectivity index is 1.64. The highest BCUT2D eigenvalue weighted by Gasteiger charge is 2.57. The van der Waals surface area contributed by atoms with E-state index >= 15 is 0 Å². The van der Waals surface area contributed by atoms with Crippen LogP contribution in [-0.4, -0.2) is 50.5 Å². The van der Waals surface area contributed by atoms with Gasteiger partial charge >= 0.3 is 5.97 Å². The van der Waals surface area contributed by atoms with Crippen molar-refractivity contribution in [3.05, 3.63) is 35.9 Å². The lowest BCUT2D eigenvalue weighted by atomic mass is 9.91. The minimum atomic E-state index is -0.893. The van der Waals surface area contributed by atoms with Gasteiger partial charge in [0.05, 0.1) is 12.3 Å². The maximum Gasteiger partial charge on any atom is 0.309 e. The van der Waals surface area contributed by atoms with Crippen molar-refractivity contribution in [3.8, 4) is 0 Å². The number of hydrogen-bond donors (Lipinski definition) is 2. The van der Waals surface area contributed by atoms with Gasteiger partial charge in [-0.2, -0.15) is 0 Å². The van der Waals surface area contributed by atoms with Gasteiger partial charge in [0, 0.05) is 11.3 Å². The molecule has 24 heavy (non-hydrogen) atoms. The van der Waals surface area contributed by atoms with Crippen LogP contribution in [0.4, 0.5) is 0 Å². The van der Waals surface area contributed by atoms with Crippen molar-refractivity contribution < 1.29 is 19.5 Å². The molecule has 0 saturated carbocycles. The SMILES string of the molecule is CC1(C)S[C@@H]2[C@H](NC(=O)Cc3ccccc3)C(=O)N2C[C@H]1C(=O)O. The van der Waals surface area contributed by atoms with E-state index in [0.717, 1.165) is 5.56 Å². The predicted molar refractivity (Wildman–Crippen MR) is 90.4 cm³/mol. The van der Waals surface area contributed by atoms with Crippen molar-refractivity contribution in [1.29, 1.82) is 0 Å². The van der Waals surface area contributed by atoms with Crippen LogP contribution in [0.5, 0.6) is 0 Å². The maximum absolute atomic E-state index is 12.3. The van der Waals surface area contributed by atoms with Gasteiger partial charge in [0.15, 0.2) is 0 Å². The molecule has 0 aliphatic carbocycles. The molecule has 2 fully saturated rings. The van der Waals surface area contributed by atoms with Crippen LogP contribution in [0.15, 0.2) is 30.3 Å². The van der Waals surface area contributed by atoms with Crippen LogP contribution in [0, 0.1) is 5.92 Å². The first kappa shape index (κ1) is 16.8. The predicted octanol–water partition coefficient (Wildman–Crippen LogP) is 1.11. The standard InChI is InChI=1S/C17H20N2O4S/c1-17(2)11(16(22)23)9-19-14(21)13(15(19)24-17)18-12(20)8-10-6-4-3-5-7-10/h3-7,11,13,15H,8-9H2,1-2H3,(H,18,20)(H,22,23)/t11-,13+,15+/m0/s1. The normalized spacial score (nSPS) is 27.8. The number of aliphatic carboxylic acids is 1. The summed E-state index contributed by atoms with van der Waals surface area (Å²) in [6.07, 6.45) is 0.225. The molecule has 2 N–H and O–H groups in total. The lowest BCUT2D eigenvalue weighted by Crippen LogP contribution is -2.74. The fourth-order valence-electron chi connectivity index (χ4n) is 3.17. The lowest BCUT2D eigenvalue weighted by molar-refractivity contribution is -0.154. The first-order chi connectivity index (χ1) is 11.3. The van der Waals surface area contributed by atoms with Gasteiger partial charge in [0.25, 0.3) is 0 Å². The number of benzene rings is 1. The van der Waals surface area contributed by atoms with Gasteiger partial charge in [-0.25, -0.2) is 0 Å². The Labute approximate surface area is 144 Å². The van der Waals surface area contributed by atoms with Crippen LogP contribution in [-0.2, 0) is 20.8 Å². The molecule has 2 amide bonds. The Bertz CT molecular complexity index is 676. The van der Waals surface area contributed by atoms with Gasteiger partial charge in [0.2, 0.25) is 11.8 Å². The number of hydrogen-bond acceptors (Lipinski definition) is 4. The molecule has 0 radical (unpaired) electrons. The van der Waals surface area contributed by atoms with Gasteiger partial charge in [-0.3, -0.25) is 14.4 Å². The third-order valence-corrected chi connectivity index (χ3v) is 6.27. The Morgan fingerprint density at radius 1 is 1.33 bits per heavy atom. The van der Waals surface area contributed by atoms with E-state index < -0.39 is 22.7 Å². The zero-order chi connectivity index (χ0) is 17.5. The minimum Gasteiger partial charge on any atom is -0.481 e. The van der Waals surface area contributed by atoms with Gasteiger partial charge < -0.3 is 15.3 Å². The highest BCUT2D eigenvalue weighted by Crippen LogP contribution is 2.47. The number of carbonyl (C=O) groups is 3.